The van der Waals surface area contributed by atoms with E-state index >= 15 is 0 Å². The van der Waals surface area contributed by atoms with E-state index in [9.17, 15) is 19.0 Å². The molecule has 10 heteroatoms. The largest absolute Gasteiger partial charge is 0.396 e. The van der Waals surface area contributed by atoms with Gasteiger partial charge in [0.1, 0.15) is 22.7 Å². The zero-order valence-electron chi connectivity index (χ0n) is 13.3. The lowest BCUT2D eigenvalue weighted by Gasteiger charge is -2.48. The molecule has 0 aromatic carbocycles. The van der Waals surface area contributed by atoms with Crippen LogP contribution in [-0.2, 0) is 0 Å². The first-order chi connectivity index (χ1) is 12.0. The minimum absolute atomic E-state index is 0.108. The average Bonchev–Trinajstić information content (AvgIpc) is 2.95. The Morgan fingerprint density at radius 3 is 2.60 bits per heavy atom. The quantitative estimate of drug-likeness (QED) is 0.724. The van der Waals surface area contributed by atoms with Gasteiger partial charge in [-0.1, -0.05) is 0 Å². The van der Waals surface area contributed by atoms with Crippen LogP contribution in [0.15, 0.2) is 6.33 Å². The highest BCUT2D eigenvalue weighted by molar-refractivity contribution is 7.26. The van der Waals surface area contributed by atoms with Crippen molar-refractivity contribution in [2.24, 2.45) is 5.41 Å². The van der Waals surface area contributed by atoms with Gasteiger partial charge in [0, 0.05) is 18.5 Å². The van der Waals surface area contributed by atoms with Gasteiger partial charge in [-0.05, 0) is 12.5 Å². The summed E-state index contributed by atoms with van der Waals surface area (Å²) in [6.45, 7) is 2.31. The predicted octanol–water partition coefficient (Wildman–Crippen LogP) is 1.67. The zero-order valence-corrected chi connectivity index (χ0v) is 14.1. The summed E-state index contributed by atoms with van der Waals surface area (Å²) in [7, 11) is 0. The third-order valence-corrected chi connectivity index (χ3v) is 5.73. The van der Waals surface area contributed by atoms with E-state index in [4.69, 9.17) is 0 Å². The normalized spacial score (nSPS) is 16.8. The van der Waals surface area contributed by atoms with E-state index < -0.39 is 11.8 Å². The molecule has 0 amide bonds. The Morgan fingerprint density at radius 1 is 1.24 bits per heavy atom. The molecule has 1 aliphatic heterocycles. The standard InChI is InChI=1S/C15H15F2N5O2S/c1-7-8-10-11(25-14(8)21-20-9(7)12(16)17)13(19-6-18-10)22-2-15(3-22,4-23)5-24/h6,12,23-24H,2-5H2,1H3. The molecule has 2 N–H and O–H groups in total. The highest BCUT2D eigenvalue weighted by Crippen LogP contribution is 2.42. The molecule has 0 atom stereocenters. The zero-order chi connectivity index (χ0) is 17.8. The van der Waals surface area contributed by atoms with Crippen molar-refractivity contribution in [3.05, 3.63) is 17.6 Å². The van der Waals surface area contributed by atoms with Crippen molar-refractivity contribution >= 4 is 37.6 Å². The molecule has 0 bridgehead atoms. The van der Waals surface area contributed by atoms with Crippen LogP contribution in [0.1, 0.15) is 17.7 Å². The van der Waals surface area contributed by atoms with Crippen LogP contribution < -0.4 is 4.90 Å². The second-order valence-electron chi connectivity index (χ2n) is 6.34. The van der Waals surface area contributed by atoms with E-state index in [1.165, 1.54) is 17.7 Å². The molecule has 0 radical (unpaired) electrons. The summed E-state index contributed by atoms with van der Waals surface area (Å²) in [5.41, 5.74) is 0.0762. The van der Waals surface area contributed by atoms with E-state index in [1.807, 2.05) is 4.90 Å². The number of aliphatic hydroxyl groups is 2. The Kier molecular flexibility index (Phi) is 3.78. The Bertz CT molecular complexity index is 952. The van der Waals surface area contributed by atoms with Gasteiger partial charge in [0.25, 0.3) is 6.43 Å². The van der Waals surface area contributed by atoms with Crippen LogP contribution in [0.2, 0.25) is 0 Å². The van der Waals surface area contributed by atoms with Crippen LogP contribution in [0.4, 0.5) is 14.6 Å². The van der Waals surface area contributed by atoms with E-state index in [-0.39, 0.29) is 18.9 Å². The molecule has 1 aliphatic rings. The SMILES string of the molecule is Cc1c(C(F)F)nnc2sc3c(N4CC(CO)(CO)C4)ncnc3c12. The fraction of sp³-hybridized carbons (Fsp3) is 0.467. The van der Waals surface area contributed by atoms with Crippen LogP contribution in [0.3, 0.4) is 0 Å². The molecule has 0 aliphatic carbocycles. The van der Waals surface area contributed by atoms with Gasteiger partial charge in [-0.15, -0.1) is 21.5 Å². The second-order valence-corrected chi connectivity index (χ2v) is 7.34. The second kappa shape index (κ2) is 5.75. The first-order valence-electron chi connectivity index (χ1n) is 7.65. The maximum atomic E-state index is 13.1. The molecule has 1 fully saturated rings. The number of hydrogen-bond acceptors (Lipinski definition) is 8. The number of halogens is 2. The summed E-state index contributed by atoms with van der Waals surface area (Å²) in [5, 5.41) is 27.0. The number of alkyl halides is 2. The smallest absolute Gasteiger partial charge is 0.282 e. The minimum Gasteiger partial charge on any atom is -0.396 e. The molecule has 4 heterocycles. The van der Waals surface area contributed by atoms with Gasteiger partial charge in [0.05, 0.1) is 28.8 Å². The highest BCUT2D eigenvalue weighted by Gasteiger charge is 2.43. The van der Waals surface area contributed by atoms with Crippen molar-refractivity contribution in [2.75, 3.05) is 31.2 Å². The predicted molar refractivity (Wildman–Crippen MR) is 89.0 cm³/mol. The number of rotatable bonds is 4. The molecule has 3 aromatic heterocycles. The van der Waals surface area contributed by atoms with Crippen molar-refractivity contribution in [3.63, 3.8) is 0 Å². The number of thiophene rings is 1. The molecule has 0 spiro atoms. The first-order valence-corrected chi connectivity index (χ1v) is 8.46. The Balaban J connectivity index is 1.85. The number of fused-ring (bicyclic) bond motifs is 3. The summed E-state index contributed by atoms with van der Waals surface area (Å²) < 4.78 is 27.0. The molecule has 0 saturated carbocycles. The number of aromatic nitrogens is 4. The number of nitrogens with zero attached hydrogens (tertiary/aromatic N) is 5. The summed E-state index contributed by atoms with van der Waals surface area (Å²) in [6, 6.07) is 0. The monoisotopic (exact) mass is 367 g/mol. The summed E-state index contributed by atoms with van der Waals surface area (Å²) in [4.78, 5) is 11.1. The van der Waals surface area contributed by atoms with Gasteiger partial charge in [0.2, 0.25) is 0 Å². The lowest BCUT2D eigenvalue weighted by Crippen LogP contribution is -2.60. The van der Waals surface area contributed by atoms with Gasteiger partial charge in [-0.2, -0.15) is 0 Å². The average molecular weight is 367 g/mol. The van der Waals surface area contributed by atoms with Crippen molar-refractivity contribution < 1.29 is 19.0 Å². The first kappa shape index (κ1) is 16.4. The molecule has 132 valence electrons. The summed E-state index contributed by atoms with van der Waals surface area (Å²) in [5.74, 6) is 0.656. The van der Waals surface area contributed by atoms with Crippen molar-refractivity contribution in [2.45, 2.75) is 13.3 Å². The van der Waals surface area contributed by atoms with Gasteiger partial charge < -0.3 is 15.1 Å². The van der Waals surface area contributed by atoms with Crippen LogP contribution in [0.25, 0.3) is 20.4 Å². The van der Waals surface area contributed by atoms with Gasteiger partial charge in [0.15, 0.2) is 0 Å². The number of aryl methyl sites for hydroxylation is 1. The van der Waals surface area contributed by atoms with Crippen molar-refractivity contribution in [3.8, 4) is 0 Å². The molecule has 0 unspecified atom stereocenters. The van der Waals surface area contributed by atoms with E-state index in [0.717, 1.165) is 4.70 Å². The maximum absolute atomic E-state index is 13.1. The van der Waals surface area contributed by atoms with Gasteiger partial charge >= 0.3 is 0 Å². The third kappa shape index (κ3) is 2.35. The molecule has 4 rings (SSSR count). The number of anilines is 1. The van der Waals surface area contributed by atoms with E-state index in [0.29, 0.717) is 40.2 Å². The van der Waals surface area contributed by atoms with Crippen molar-refractivity contribution in [1.29, 1.82) is 0 Å². The van der Waals surface area contributed by atoms with E-state index in [1.54, 1.807) is 6.92 Å². The molecule has 7 nitrogen and oxygen atoms in total. The Labute approximate surface area is 145 Å². The highest BCUT2D eigenvalue weighted by atomic mass is 32.1. The minimum atomic E-state index is -2.70. The van der Waals surface area contributed by atoms with Crippen LogP contribution in [0.5, 0.6) is 0 Å². The summed E-state index contributed by atoms with van der Waals surface area (Å²) >= 11 is 1.31. The maximum Gasteiger partial charge on any atom is 0.282 e. The van der Waals surface area contributed by atoms with Gasteiger partial charge in [-0.25, -0.2) is 18.7 Å². The van der Waals surface area contributed by atoms with Crippen molar-refractivity contribution in [1.82, 2.24) is 20.2 Å². The van der Waals surface area contributed by atoms with Crippen LogP contribution in [-0.4, -0.2) is 56.7 Å². The molecule has 25 heavy (non-hydrogen) atoms. The van der Waals surface area contributed by atoms with Crippen LogP contribution in [0, 0.1) is 12.3 Å². The lowest BCUT2D eigenvalue weighted by atomic mass is 9.81. The Morgan fingerprint density at radius 2 is 1.96 bits per heavy atom. The Hall–Kier alpha value is -2.04. The van der Waals surface area contributed by atoms with E-state index in [2.05, 4.69) is 20.2 Å². The lowest BCUT2D eigenvalue weighted by molar-refractivity contribution is 0.0304. The van der Waals surface area contributed by atoms with Crippen LogP contribution >= 0.6 is 11.3 Å². The fourth-order valence-corrected chi connectivity index (χ4v) is 4.34. The number of aliphatic hydroxyl groups excluding tert-OH is 2. The molecule has 3 aromatic rings. The molecular formula is C15H15F2N5O2S. The summed E-state index contributed by atoms with van der Waals surface area (Å²) in [6.07, 6.45) is -1.30. The topological polar surface area (TPSA) is 95.3 Å². The molecule has 1 saturated heterocycles. The fourth-order valence-electron chi connectivity index (χ4n) is 3.19. The molecular weight excluding hydrogens is 352 g/mol. The number of hydrogen-bond donors (Lipinski definition) is 2. The third-order valence-electron chi connectivity index (χ3n) is 4.67. The van der Waals surface area contributed by atoms with Gasteiger partial charge in [-0.3, -0.25) is 0 Å².